The molecule has 1 aromatic rings. The summed E-state index contributed by atoms with van der Waals surface area (Å²) in [5.74, 6) is 1.84. The van der Waals surface area contributed by atoms with Gasteiger partial charge in [0, 0.05) is 12.2 Å². The molecule has 1 aromatic carbocycles. The summed E-state index contributed by atoms with van der Waals surface area (Å²) in [6, 6.07) is 6.29. The van der Waals surface area contributed by atoms with Crippen molar-refractivity contribution in [3.8, 4) is 5.75 Å². The Morgan fingerprint density at radius 3 is 2.71 bits per heavy atom. The molecule has 0 atom stereocenters. The first-order chi connectivity index (χ1) is 8.29. The molecule has 2 heteroatoms. The van der Waals surface area contributed by atoms with E-state index in [0.717, 1.165) is 24.8 Å². The zero-order chi connectivity index (χ0) is 12.1. The molecule has 0 amide bonds. The Balaban J connectivity index is 1.91. The standard InChI is InChI=1S/C15H23NO/c1-3-17-14-8-9-15(12(2)10-14)16-11-13-6-4-5-7-13/h8-10,13,16H,3-7,11H2,1-2H3. The first-order valence-electron chi connectivity index (χ1n) is 6.77. The van der Waals surface area contributed by atoms with E-state index in [1.165, 1.54) is 36.9 Å². The van der Waals surface area contributed by atoms with Gasteiger partial charge in [0.05, 0.1) is 6.61 Å². The fourth-order valence-corrected chi connectivity index (χ4v) is 2.56. The quantitative estimate of drug-likeness (QED) is 0.830. The van der Waals surface area contributed by atoms with E-state index >= 15 is 0 Å². The van der Waals surface area contributed by atoms with Crippen molar-refractivity contribution in [1.82, 2.24) is 0 Å². The van der Waals surface area contributed by atoms with Crippen LogP contribution in [0.15, 0.2) is 18.2 Å². The lowest BCUT2D eigenvalue weighted by molar-refractivity contribution is 0.340. The highest BCUT2D eigenvalue weighted by Crippen LogP contribution is 2.26. The summed E-state index contributed by atoms with van der Waals surface area (Å²) in [4.78, 5) is 0. The lowest BCUT2D eigenvalue weighted by Crippen LogP contribution is -2.11. The van der Waals surface area contributed by atoms with Gasteiger partial charge in [-0.15, -0.1) is 0 Å². The van der Waals surface area contributed by atoms with E-state index in [1.54, 1.807) is 0 Å². The molecule has 2 rings (SSSR count). The maximum Gasteiger partial charge on any atom is 0.119 e. The van der Waals surface area contributed by atoms with Crippen LogP contribution in [0.3, 0.4) is 0 Å². The second kappa shape index (κ2) is 5.95. The summed E-state index contributed by atoms with van der Waals surface area (Å²) in [5, 5.41) is 3.57. The van der Waals surface area contributed by atoms with E-state index in [0.29, 0.717) is 0 Å². The third kappa shape index (κ3) is 3.39. The molecule has 2 nitrogen and oxygen atoms in total. The van der Waals surface area contributed by atoms with Crippen LogP contribution < -0.4 is 10.1 Å². The molecular weight excluding hydrogens is 210 g/mol. The first kappa shape index (κ1) is 12.3. The van der Waals surface area contributed by atoms with Crippen LogP contribution in [0.4, 0.5) is 5.69 Å². The van der Waals surface area contributed by atoms with Crippen LogP contribution in [0.5, 0.6) is 5.75 Å². The van der Waals surface area contributed by atoms with Gasteiger partial charge in [0.25, 0.3) is 0 Å². The van der Waals surface area contributed by atoms with Gasteiger partial charge in [-0.1, -0.05) is 12.8 Å². The maximum atomic E-state index is 5.49. The van der Waals surface area contributed by atoms with Gasteiger partial charge >= 0.3 is 0 Å². The molecule has 1 fully saturated rings. The van der Waals surface area contributed by atoms with Crippen LogP contribution in [0.1, 0.15) is 38.2 Å². The molecule has 1 aliphatic rings. The van der Waals surface area contributed by atoms with Gasteiger partial charge in [0.15, 0.2) is 0 Å². The Bertz CT molecular complexity index is 356. The molecule has 1 N–H and O–H groups in total. The monoisotopic (exact) mass is 233 g/mol. The smallest absolute Gasteiger partial charge is 0.119 e. The van der Waals surface area contributed by atoms with Gasteiger partial charge in [-0.25, -0.2) is 0 Å². The molecule has 1 aliphatic carbocycles. The summed E-state index contributed by atoms with van der Waals surface area (Å²) in [5.41, 5.74) is 2.52. The number of hydrogen-bond donors (Lipinski definition) is 1. The number of nitrogens with one attached hydrogen (secondary N) is 1. The van der Waals surface area contributed by atoms with E-state index in [4.69, 9.17) is 4.74 Å². The molecule has 94 valence electrons. The van der Waals surface area contributed by atoms with Crippen LogP contribution in [0.25, 0.3) is 0 Å². The van der Waals surface area contributed by atoms with Crippen molar-refractivity contribution in [1.29, 1.82) is 0 Å². The maximum absolute atomic E-state index is 5.49. The largest absolute Gasteiger partial charge is 0.494 e. The molecule has 0 heterocycles. The summed E-state index contributed by atoms with van der Waals surface area (Å²) in [7, 11) is 0. The Hall–Kier alpha value is -1.18. The number of hydrogen-bond acceptors (Lipinski definition) is 2. The third-order valence-corrected chi connectivity index (χ3v) is 3.56. The highest BCUT2D eigenvalue weighted by atomic mass is 16.5. The molecule has 0 unspecified atom stereocenters. The SMILES string of the molecule is CCOc1ccc(NCC2CCCC2)c(C)c1. The number of benzene rings is 1. The highest BCUT2D eigenvalue weighted by Gasteiger charge is 2.14. The van der Waals surface area contributed by atoms with Crippen molar-refractivity contribution in [2.45, 2.75) is 39.5 Å². The van der Waals surface area contributed by atoms with Crippen molar-refractivity contribution in [3.63, 3.8) is 0 Å². The lowest BCUT2D eigenvalue weighted by Gasteiger charge is -2.14. The number of ether oxygens (including phenoxy) is 1. The van der Waals surface area contributed by atoms with Crippen molar-refractivity contribution >= 4 is 5.69 Å². The molecule has 0 spiro atoms. The Morgan fingerprint density at radius 1 is 1.29 bits per heavy atom. The molecule has 0 saturated heterocycles. The molecule has 0 aromatic heterocycles. The number of anilines is 1. The molecule has 0 radical (unpaired) electrons. The molecule has 1 saturated carbocycles. The van der Waals surface area contributed by atoms with Gasteiger partial charge in [-0.05, 0) is 56.4 Å². The fraction of sp³-hybridized carbons (Fsp3) is 0.600. The van der Waals surface area contributed by atoms with E-state index in [-0.39, 0.29) is 0 Å². The van der Waals surface area contributed by atoms with Gasteiger partial charge in [-0.2, -0.15) is 0 Å². The zero-order valence-corrected chi connectivity index (χ0v) is 11.0. The van der Waals surface area contributed by atoms with E-state index in [2.05, 4.69) is 24.4 Å². The van der Waals surface area contributed by atoms with E-state index < -0.39 is 0 Å². The number of rotatable bonds is 5. The molecular formula is C15H23NO. The minimum atomic E-state index is 0.730. The topological polar surface area (TPSA) is 21.3 Å². The van der Waals surface area contributed by atoms with Crippen LogP contribution in [-0.4, -0.2) is 13.2 Å². The molecule has 17 heavy (non-hydrogen) atoms. The third-order valence-electron chi connectivity index (χ3n) is 3.56. The van der Waals surface area contributed by atoms with Crippen LogP contribution in [0, 0.1) is 12.8 Å². The van der Waals surface area contributed by atoms with E-state index in [9.17, 15) is 0 Å². The Labute approximate surface area is 104 Å². The summed E-state index contributed by atoms with van der Waals surface area (Å²) in [6.45, 7) is 6.00. The molecule has 0 bridgehead atoms. The normalized spacial score (nSPS) is 16.1. The minimum absolute atomic E-state index is 0.730. The zero-order valence-electron chi connectivity index (χ0n) is 11.0. The highest BCUT2D eigenvalue weighted by molar-refractivity contribution is 5.53. The van der Waals surface area contributed by atoms with E-state index in [1.807, 2.05) is 13.0 Å². The summed E-state index contributed by atoms with van der Waals surface area (Å²) >= 11 is 0. The Morgan fingerprint density at radius 2 is 2.06 bits per heavy atom. The van der Waals surface area contributed by atoms with Crippen molar-refractivity contribution in [2.24, 2.45) is 5.92 Å². The second-order valence-electron chi connectivity index (χ2n) is 4.94. The average molecular weight is 233 g/mol. The van der Waals surface area contributed by atoms with Crippen molar-refractivity contribution in [3.05, 3.63) is 23.8 Å². The van der Waals surface area contributed by atoms with Gasteiger partial charge < -0.3 is 10.1 Å². The van der Waals surface area contributed by atoms with Gasteiger partial charge in [0.1, 0.15) is 5.75 Å². The molecule has 0 aliphatic heterocycles. The van der Waals surface area contributed by atoms with Gasteiger partial charge in [-0.3, -0.25) is 0 Å². The summed E-state index contributed by atoms with van der Waals surface area (Å²) < 4.78 is 5.49. The summed E-state index contributed by atoms with van der Waals surface area (Å²) in [6.07, 6.45) is 5.61. The van der Waals surface area contributed by atoms with Gasteiger partial charge in [0.2, 0.25) is 0 Å². The van der Waals surface area contributed by atoms with Crippen LogP contribution >= 0.6 is 0 Å². The average Bonchev–Trinajstić information content (AvgIpc) is 2.81. The minimum Gasteiger partial charge on any atom is -0.494 e. The predicted octanol–water partition coefficient (Wildman–Crippen LogP) is 4.00. The van der Waals surface area contributed by atoms with Crippen molar-refractivity contribution < 1.29 is 4.74 Å². The van der Waals surface area contributed by atoms with Crippen LogP contribution in [-0.2, 0) is 0 Å². The van der Waals surface area contributed by atoms with Crippen LogP contribution in [0.2, 0.25) is 0 Å². The predicted molar refractivity (Wildman–Crippen MR) is 72.8 cm³/mol. The second-order valence-corrected chi connectivity index (χ2v) is 4.94. The fourth-order valence-electron chi connectivity index (χ4n) is 2.56. The Kier molecular flexibility index (Phi) is 4.29. The van der Waals surface area contributed by atoms with Crippen molar-refractivity contribution in [2.75, 3.05) is 18.5 Å². The number of aryl methyl sites for hydroxylation is 1. The lowest BCUT2D eigenvalue weighted by atomic mass is 10.1. The first-order valence-corrected chi connectivity index (χ1v) is 6.77.